The molecule has 4 atom stereocenters. The Bertz CT molecular complexity index is 1940. The largest absolute Gasteiger partial charge is 0.469 e. The Hall–Kier alpha value is -4.60. The second-order valence-electron chi connectivity index (χ2n) is 13.8. The Labute approximate surface area is 336 Å². The molecule has 298 valence electrons. The molecule has 2 saturated heterocycles. The van der Waals surface area contributed by atoms with Crippen LogP contribution >= 0.6 is 0 Å². The van der Waals surface area contributed by atoms with Crippen LogP contribution < -0.4 is 0 Å². The highest BCUT2D eigenvalue weighted by atomic mass is 32.2. The van der Waals surface area contributed by atoms with E-state index in [1.54, 1.807) is 24.3 Å². The van der Waals surface area contributed by atoms with E-state index in [1.165, 1.54) is 29.4 Å². The summed E-state index contributed by atoms with van der Waals surface area (Å²) in [5.74, 6) is 0.359. The summed E-state index contributed by atoms with van der Waals surface area (Å²) in [7, 11) is -2.29. The van der Waals surface area contributed by atoms with Crippen molar-refractivity contribution < 1.29 is 22.1 Å². The fourth-order valence-electron chi connectivity index (χ4n) is 7.41. The van der Waals surface area contributed by atoms with Gasteiger partial charge in [0.1, 0.15) is 0 Å². The molecule has 0 radical (unpaired) electrons. The number of esters is 1. The molecule has 56 heavy (non-hydrogen) atoms. The van der Waals surface area contributed by atoms with Crippen molar-refractivity contribution in [1.29, 1.82) is 0 Å². The van der Waals surface area contributed by atoms with Gasteiger partial charge in [-0.15, -0.1) is 0 Å². The molecule has 8 heteroatoms. The summed E-state index contributed by atoms with van der Waals surface area (Å²) in [5, 5.41) is 0. The zero-order valence-corrected chi connectivity index (χ0v) is 34.8. The SMILES string of the molecule is CC.CC.COC(=O)[C@@H]1CN(Cc2ccccc2)C[C@H]1c1ccccc1.Cc1ccc(S(=O)(=O)OC[C@@H]2CN(Cc3ccccc3)C[C@H]2c2ccccc2)cc1. The van der Waals surface area contributed by atoms with Gasteiger partial charge >= 0.3 is 5.97 Å². The van der Waals surface area contributed by atoms with Gasteiger partial charge in [0, 0.05) is 57.0 Å². The number of methoxy groups -OCH3 is 1. The van der Waals surface area contributed by atoms with Crippen LogP contribution in [0.4, 0.5) is 0 Å². The van der Waals surface area contributed by atoms with Crippen LogP contribution in [0, 0.1) is 18.8 Å². The number of rotatable bonds is 11. The maximum absolute atomic E-state index is 12.7. The molecule has 5 aromatic rings. The van der Waals surface area contributed by atoms with Crippen LogP contribution in [0.3, 0.4) is 0 Å². The summed E-state index contributed by atoms with van der Waals surface area (Å²) in [6.07, 6.45) is 0. The first-order valence-corrected chi connectivity index (χ1v) is 21.4. The molecule has 0 saturated carbocycles. The summed E-state index contributed by atoms with van der Waals surface area (Å²) < 4.78 is 35.9. The van der Waals surface area contributed by atoms with Crippen LogP contribution in [0.25, 0.3) is 0 Å². The molecule has 0 spiro atoms. The van der Waals surface area contributed by atoms with Crippen LogP contribution in [0.15, 0.2) is 150 Å². The van der Waals surface area contributed by atoms with E-state index in [4.69, 9.17) is 8.92 Å². The van der Waals surface area contributed by atoms with Gasteiger partial charge in [0.05, 0.1) is 24.5 Å². The minimum absolute atomic E-state index is 0.0869. The molecule has 2 aliphatic rings. The fourth-order valence-corrected chi connectivity index (χ4v) is 8.37. The average molecular weight is 777 g/mol. The topological polar surface area (TPSA) is 76.1 Å². The first-order valence-electron chi connectivity index (χ1n) is 20.0. The van der Waals surface area contributed by atoms with Gasteiger partial charge in [0.2, 0.25) is 0 Å². The van der Waals surface area contributed by atoms with Gasteiger partial charge in [-0.25, -0.2) is 0 Å². The van der Waals surface area contributed by atoms with E-state index in [-0.39, 0.29) is 41.1 Å². The normalized spacial score (nSPS) is 19.3. The van der Waals surface area contributed by atoms with Gasteiger partial charge in [-0.3, -0.25) is 18.8 Å². The van der Waals surface area contributed by atoms with Crippen molar-refractivity contribution in [2.45, 2.75) is 64.4 Å². The maximum Gasteiger partial charge on any atom is 0.310 e. The highest BCUT2D eigenvalue weighted by Gasteiger charge is 2.39. The molecule has 0 unspecified atom stereocenters. The molecule has 0 aliphatic carbocycles. The van der Waals surface area contributed by atoms with Crippen LogP contribution in [-0.2, 0) is 36.9 Å². The molecular weight excluding hydrogens is 717 g/mol. The third-order valence-electron chi connectivity index (χ3n) is 10.1. The lowest BCUT2D eigenvalue weighted by Gasteiger charge is -2.18. The molecule has 0 aromatic heterocycles. The Morgan fingerprint density at radius 2 is 1.02 bits per heavy atom. The first kappa shape index (κ1) is 44.1. The summed E-state index contributed by atoms with van der Waals surface area (Å²) in [5.41, 5.74) is 6.01. The number of carbonyl (C=O) groups is 1. The van der Waals surface area contributed by atoms with Gasteiger partial charge in [0.15, 0.2) is 0 Å². The summed E-state index contributed by atoms with van der Waals surface area (Å²) in [6.45, 7) is 15.2. The number of aryl methyl sites for hydroxylation is 1. The van der Waals surface area contributed by atoms with E-state index < -0.39 is 10.1 Å². The Kier molecular flexibility index (Phi) is 18.0. The number of hydrogen-bond acceptors (Lipinski definition) is 7. The van der Waals surface area contributed by atoms with Crippen LogP contribution in [0.1, 0.15) is 67.3 Å². The lowest BCUT2D eigenvalue weighted by atomic mass is 9.89. The van der Waals surface area contributed by atoms with E-state index in [2.05, 4.69) is 82.6 Å². The molecule has 7 rings (SSSR count). The molecular formula is C48H60N2O5S. The third kappa shape index (κ3) is 12.7. The number of carbonyl (C=O) groups excluding carboxylic acids is 1. The zero-order chi connectivity index (χ0) is 40.3. The number of ether oxygens (including phenoxy) is 1. The predicted molar refractivity (Wildman–Crippen MR) is 228 cm³/mol. The van der Waals surface area contributed by atoms with Crippen LogP contribution in [-0.4, -0.2) is 64.1 Å². The molecule has 0 N–H and O–H groups in total. The van der Waals surface area contributed by atoms with Crippen LogP contribution in [0.5, 0.6) is 0 Å². The zero-order valence-electron chi connectivity index (χ0n) is 34.0. The molecule has 2 aliphatic heterocycles. The molecule has 5 aromatic carbocycles. The standard InChI is InChI=1S/C25H27NO3S.C19H21NO2.2C2H6/c1-20-12-14-24(15-13-20)30(27,28)29-19-23-17-26(16-21-8-4-2-5-9-21)18-25(23)22-10-6-3-7-11-22;1-22-19(21)18-14-20(12-15-8-4-2-5-9-15)13-17(18)16-10-6-3-7-11-16;2*1-2/h2-15,23,25H,16-19H2,1H3;2-11,17-18H,12-14H2,1H3;2*1-2H3/t23-,25-;17-,18+;;/m00../s1. The van der Waals surface area contributed by atoms with E-state index in [0.29, 0.717) is 0 Å². The molecule has 2 heterocycles. The van der Waals surface area contributed by atoms with Gasteiger partial charge in [0.25, 0.3) is 10.1 Å². The monoisotopic (exact) mass is 776 g/mol. The minimum Gasteiger partial charge on any atom is -0.469 e. The number of nitrogens with zero attached hydrogens (tertiary/aromatic N) is 2. The van der Waals surface area contributed by atoms with Gasteiger partial charge < -0.3 is 4.74 Å². The molecule has 0 amide bonds. The molecule has 0 bridgehead atoms. The Morgan fingerprint density at radius 1 is 0.589 bits per heavy atom. The van der Waals surface area contributed by atoms with Crippen molar-refractivity contribution in [3.05, 3.63) is 173 Å². The highest BCUT2D eigenvalue weighted by Crippen LogP contribution is 2.35. The summed E-state index contributed by atoms with van der Waals surface area (Å²) in [4.78, 5) is 17.1. The molecule has 2 fully saturated rings. The number of hydrogen-bond donors (Lipinski definition) is 0. The van der Waals surface area contributed by atoms with Gasteiger partial charge in [-0.2, -0.15) is 8.42 Å². The smallest absolute Gasteiger partial charge is 0.310 e. The van der Waals surface area contributed by atoms with Crippen molar-refractivity contribution in [1.82, 2.24) is 9.80 Å². The lowest BCUT2D eigenvalue weighted by molar-refractivity contribution is -0.145. The Balaban J connectivity index is 0.000000237. The minimum atomic E-state index is -3.77. The second kappa shape index (κ2) is 22.8. The number of benzene rings is 5. The summed E-state index contributed by atoms with van der Waals surface area (Å²) in [6, 6.07) is 48.2. The maximum atomic E-state index is 12.7. The predicted octanol–water partition coefficient (Wildman–Crippen LogP) is 9.74. The van der Waals surface area contributed by atoms with E-state index in [0.717, 1.165) is 44.8 Å². The van der Waals surface area contributed by atoms with E-state index in [9.17, 15) is 13.2 Å². The fraction of sp³-hybridized carbons (Fsp3) is 0.354. The second-order valence-corrected chi connectivity index (χ2v) is 15.5. The first-order chi connectivity index (χ1) is 27.3. The van der Waals surface area contributed by atoms with Crippen molar-refractivity contribution in [2.24, 2.45) is 11.8 Å². The quantitative estimate of drug-likeness (QED) is 0.0977. The summed E-state index contributed by atoms with van der Waals surface area (Å²) >= 11 is 0. The number of likely N-dealkylation sites (tertiary alicyclic amines) is 2. The van der Waals surface area contributed by atoms with Gasteiger partial charge in [-0.05, 0) is 41.3 Å². The average Bonchev–Trinajstić information content (AvgIpc) is 3.87. The third-order valence-corrected chi connectivity index (χ3v) is 11.4. The molecule has 7 nitrogen and oxygen atoms in total. The lowest BCUT2D eigenvalue weighted by Crippen LogP contribution is -2.24. The van der Waals surface area contributed by atoms with Gasteiger partial charge in [-0.1, -0.05) is 167 Å². The Morgan fingerprint density at radius 3 is 1.50 bits per heavy atom. The van der Waals surface area contributed by atoms with E-state index >= 15 is 0 Å². The van der Waals surface area contributed by atoms with E-state index in [1.807, 2.05) is 83.1 Å². The van der Waals surface area contributed by atoms with Crippen molar-refractivity contribution in [3.63, 3.8) is 0 Å². The van der Waals surface area contributed by atoms with Crippen molar-refractivity contribution >= 4 is 16.1 Å². The van der Waals surface area contributed by atoms with Crippen LogP contribution in [0.2, 0.25) is 0 Å². The van der Waals surface area contributed by atoms with Crippen molar-refractivity contribution in [3.8, 4) is 0 Å². The van der Waals surface area contributed by atoms with Crippen molar-refractivity contribution in [2.75, 3.05) is 39.9 Å². The highest BCUT2D eigenvalue weighted by molar-refractivity contribution is 7.86.